The van der Waals surface area contributed by atoms with Gasteiger partial charge < -0.3 is 14.5 Å². The van der Waals surface area contributed by atoms with E-state index in [9.17, 15) is 4.79 Å². The van der Waals surface area contributed by atoms with Crippen LogP contribution in [0.25, 0.3) is 11.5 Å². The minimum atomic E-state index is -0.0810. The fraction of sp³-hybridized carbons (Fsp3) is 0.400. The van der Waals surface area contributed by atoms with Gasteiger partial charge in [-0.15, -0.1) is 0 Å². The highest BCUT2D eigenvalue weighted by Gasteiger charge is 2.41. The van der Waals surface area contributed by atoms with Gasteiger partial charge in [-0.2, -0.15) is 0 Å². The van der Waals surface area contributed by atoms with E-state index in [2.05, 4.69) is 21.3 Å². The molecule has 7 nitrogen and oxygen atoms in total. The van der Waals surface area contributed by atoms with Gasteiger partial charge in [0.15, 0.2) is 12.4 Å². The number of hydrogen-bond donors (Lipinski definition) is 1. The van der Waals surface area contributed by atoms with Crippen LogP contribution in [-0.2, 0) is 4.79 Å². The largest absolute Gasteiger partial charge is 0.484 e. The molecule has 3 aromatic rings. The standard InChI is InChI=1S/C25H28N4O3/c1-17-27-22(13-23(28-17)24-8-5-11-31-24)21-15-29-10-9-18(21)12-19(29)14-26-25(30)16-32-20-6-3-2-4-7-20/h2-8,11,13,18-19,21H,9-10,12,14-16H2,1H3,(H,26,30). The summed E-state index contributed by atoms with van der Waals surface area (Å²) in [6.07, 6.45) is 3.89. The minimum absolute atomic E-state index is 0.0402. The molecular weight excluding hydrogens is 404 g/mol. The first-order chi connectivity index (χ1) is 15.7. The van der Waals surface area contributed by atoms with E-state index in [-0.39, 0.29) is 12.5 Å². The minimum Gasteiger partial charge on any atom is -0.484 e. The maximum atomic E-state index is 12.3. The number of furan rings is 1. The van der Waals surface area contributed by atoms with Crippen LogP contribution >= 0.6 is 0 Å². The molecule has 3 saturated heterocycles. The molecule has 4 atom stereocenters. The molecule has 1 N–H and O–H groups in total. The first-order valence-electron chi connectivity index (χ1n) is 11.2. The van der Waals surface area contributed by atoms with E-state index in [4.69, 9.17) is 14.1 Å². The van der Waals surface area contributed by atoms with Gasteiger partial charge in [0.25, 0.3) is 5.91 Å². The summed E-state index contributed by atoms with van der Waals surface area (Å²) in [6.45, 7) is 4.66. The van der Waals surface area contributed by atoms with Crippen LogP contribution in [0.1, 0.15) is 30.3 Å². The molecule has 0 aliphatic carbocycles. The molecular formula is C25H28N4O3. The fourth-order valence-corrected chi connectivity index (χ4v) is 4.97. The molecule has 3 aliphatic rings. The number of hydrogen-bond acceptors (Lipinski definition) is 6. The van der Waals surface area contributed by atoms with Crippen molar-refractivity contribution in [1.82, 2.24) is 20.2 Å². The Hall–Kier alpha value is -3.19. The van der Waals surface area contributed by atoms with Gasteiger partial charge in [-0.1, -0.05) is 18.2 Å². The lowest BCUT2D eigenvalue weighted by Crippen LogP contribution is -2.56. The highest BCUT2D eigenvalue weighted by Crippen LogP contribution is 2.41. The second kappa shape index (κ2) is 9.12. The quantitative estimate of drug-likeness (QED) is 0.616. The summed E-state index contributed by atoms with van der Waals surface area (Å²) in [7, 11) is 0. The Morgan fingerprint density at radius 1 is 1.22 bits per heavy atom. The van der Waals surface area contributed by atoms with Gasteiger partial charge in [0.2, 0.25) is 0 Å². The van der Waals surface area contributed by atoms with Gasteiger partial charge in [0.05, 0.1) is 6.26 Å². The third-order valence-electron chi connectivity index (χ3n) is 6.54. The van der Waals surface area contributed by atoms with Gasteiger partial charge in [-0.25, -0.2) is 9.97 Å². The normalized spacial score (nSPS) is 24.3. The molecule has 3 aliphatic heterocycles. The molecule has 1 amide bonds. The molecule has 166 valence electrons. The van der Waals surface area contributed by atoms with Gasteiger partial charge >= 0.3 is 0 Å². The van der Waals surface area contributed by atoms with Gasteiger partial charge in [0.1, 0.15) is 17.3 Å². The van der Waals surface area contributed by atoms with E-state index < -0.39 is 0 Å². The highest BCUT2D eigenvalue weighted by atomic mass is 16.5. The number of aromatic nitrogens is 2. The number of piperidine rings is 3. The zero-order chi connectivity index (χ0) is 21.9. The van der Waals surface area contributed by atoms with Crippen molar-refractivity contribution in [1.29, 1.82) is 0 Å². The Morgan fingerprint density at radius 3 is 2.84 bits per heavy atom. The summed E-state index contributed by atoms with van der Waals surface area (Å²) in [5.41, 5.74) is 1.94. The van der Waals surface area contributed by atoms with Crippen molar-refractivity contribution in [2.45, 2.75) is 31.7 Å². The maximum Gasteiger partial charge on any atom is 0.257 e. The van der Waals surface area contributed by atoms with Crippen LogP contribution in [0, 0.1) is 12.8 Å². The second-order valence-electron chi connectivity index (χ2n) is 8.65. The van der Waals surface area contributed by atoms with Crippen LogP contribution in [0.3, 0.4) is 0 Å². The number of nitrogens with one attached hydrogen (secondary N) is 1. The van der Waals surface area contributed by atoms with Gasteiger partial charge in [0, 0.05) is 30.7 Å². The average Bonchev–Trinajstić information content (AvgIpc) is 3.37. The maximum absolute atomic E-state index is 12.3. The van der Waals surface area contributed by atoms with E-state index >= 15 is 0 Å². The molecule has 6 rings (SSSR count). The SMILES string of the molecule is Cc1nc(-c2ccco2)cc(C2CN3CCC2CC3CNC(=O)COc2ccccc2)n1. The number of ether oxygens (including phenoxy) is 1. The Balaban J connectivity index is 1.18. The Bertz CT molecular complexity index is 1050. The smallest absolute Gasteiger partial charge is 0.257 e. The first-order valence-corrected chi connectivity index (χ1v) is 11.2. The third-order valence-corrected chi connectivity index (χ3v) is 6.54. The van der Waals surface area contributed by atoms with Crippen molar-refractivity contribution in [2.75, 3.05) is 26.2 Å². The van der Waals surface area contributed by atoms with Crippen molar-refractivity contribution in [3.05, 3.63) is 66.3 Å². The first kappa shape index (κ1) is 20.7. The number of rotatable bonds is 7. The number of fused-ring (bicyclic) bond motifs is 3. The highest BCUT2D eigenvalue weighted by molar-refractivity contribution is 5.77. The lowest BCUT2D eigenvalue weighted by atomic mass is 9.74. The van der Waals surface area contributed by atoms with Crippen LogP contribution < -0.4 is 10.1 Å². The summed E-state index contributed by atoms with van der Waals surface area (Å²) in [5, 5.41) is 3.06. The van der Waals surface area contributed by atoms with Gasteiger partial charge in [-0.05, 0) is 62.6 Å². The Kier molecular flexibility index (Phi) is 5.90. The number of nitrogens with zero attached hydrogens (tertiary/aromatic N) is 3. The molecule has 0 saturated carbocycles. The Labute approximate surface area is 187 Å². The van der Waals surface area contributed by atoms with Crippen molar-refractivity contribution in [2.24, 2.45) is 5.92 Å². The van der Waals surface area contributed by atoms with Crippen molar-refractivity contribution in [3.63, 3.8) is 0 Å². The number of amides is 1. The third kappa shape index (κ3) is 4.53. The number of aryl methyl sites for hydroxylation is 1. The molecule has 0 spiro atoms. The fourth-order valence-electron chi connectivity index (χ4n) is 4.97. The lowest BCUT2D eigenvalue weighted by Gasteiger charge is -2.49. The summed E-state index contributed by atoms with van der Waals surface area (Å²) in [5.74, 6) is 3.11. The second-order valence-corrected chi connectivity index (χ2v) is 8.65. The summed E-state index contributed by atoms with van der Waals surface area (Å²) in [4.78, 5) is 24.1. The van der Waals surface area contributed by atoms with Gasteiger partial charge in [-0.3, -0.25) is 9.69 Å². The lowest BCUT2D eigenvalue weighted by molar-refractivity contribution is -0.123. The van der Waals surface area contributed by atoms with Crippen LogP contribution in [0.4, 0.5) is 0 Å². The summed E-state index contributed by atoms with van der Waals surface area (Å²) < 4.78 is 11.1. The van der Waals surface area contributed by atoms with E-state index in [0.717, 1.165) is 48.9 Å². The number of para-hydroxylation sites is 1. The van der Waals surface area contributed by atoms with Crippen LogP contribution in [0.2, 0.25) is 0 Å². The predicted octanol–water partition coefficient (Wildman–Crippen LogP) is 3.42. The van der Waals surface area contributed by atoms with Crippen molar-refractivity contribution >= 4 is 5.91 Å². The molecule has 2 aromatic heterocycles. The summed E-state index contributed by atoms with van der Waals surface area (Å²) >= 11 is 0. The predicted molar refractivity (Wildman–Crippen MR) is 120 cm³/mol. The number of carbonyl (C=O) groups excluding carboxylic acids is 1. The summed E-state index contributed by atoms with van der Waals surface area (Å²) in [6, 6.07) is 15.7. The van der Waals surface area contributed by atoms with E-state index in [1.165, 1.54) is 0 Å². The topological polar surface area (TPSA) is 80.5 Å². The molecule has 7 heteroatoms. The molecule has 3 fully saturated rings. The van der Waals surface area contributed by atoms with E-state index in [0.29, 0.717) is 30.2 Å². The van der Waals surface area contributed by atoms with E-state index in [1.54, 1.807) is 6.26 Å². The zero-order valence-electron chi connectivity index (χ0n) is 18.2. The number of carbonyl (C=O) groups is 1. The molecule has 0 radical (unpaired) electrons. The van der Waals surface area contributed by atoms with Crippen molar-refractivity contribution in [3.8, 4) is 17.2 Å². The average molecular weight is 433 g/mol. The van der Waals surface area contributed by atoms with E-state index in [1.807, 2.05) is 49.4 Å². The van der Waals surface area contributed by atoms with Crippen LogP contribution in [0.5, 0.6) is 5.75 Å². The monoisotopic (exact) mass is 432 g/mol. The molecule has 4 unspecified atom stereocenters. The molecule has 2 bridgehead atoms. The molecule has 1 aromatic carbocycles. The molecule has 5 heterocycles. The molecule has 32 heavy (non-hydrogen) atoms. The Morgan fingerprint density at radius 2 is 2.09 bits per heavy atom. The van der Waals surface area contributed by atoms with Crippen LogP contribution in [0.15, 0.2) is 59.2 Å². The van der Waals surface area contributed by atoms with Crippen LogP contribution in [-0.4, -0.2) is 53.1 Å². The van der Waals surface area contributed by atoms with Crippen molar-refractivity contribution < 1.29 is 13.9 Å². The number of benzene rings is 1. The zero-order valence-corrected chi connectivity index (χ0v) is 18.2.